The van der Waals surface area contributed by atoms with E-state index in [0.29, 0.717) is 64.6 Å². The van der Waals surface area contributed by atoms with Gasteiger partial charge in [-0.3, -0.25) is 4.99 Å². The van der Waals surface area contributed by atoms with Crippen LogP contribution in [0.2, 0.25) is 12.1 Å². The number of hydrogen-bond donors (Lipinski definition) is 0. The molecule has 1 aromatic carbocycles. The van der Waals surface area contributed by atoms with Crippen LogP contribution in [0.25, 0.3) is 0 Å². The predicted molar refractivity (Wildman–Crippen MR) is 152 cm³/mol. The molecular formula is C27H50FNO6Si2. The van der Waals surface area contributed by atoms with Gasteiger partial charge in [0.15, 0.2) is 0 Å². The van der Waals surface area contributed by atoms with Crippen molar-refractivity contribution in [3.63, 3.8) is 0 Å². The Balaban J connectivity index is 3.47. The van der Waals surface area contributed by atoms with Crippen molar-refractivity contribution in [1.82, 2.24) is 0 Å². The zero-order chi connectivity index (χ0) is 28.0. The Labute approximate surface area is 226 Å². The molecule has 0 heterocycles. The molecule has 0 aliphatic heterocycles. The summed E-state index contributed by atoms with van der Waals surface area (Å²) in [7, 11) is -5.79. The van der Waals surface area contributed by atoms with E-state index in [1.807, 2.05) is 68.5 Å². The van der Waals surface area contributed by atoms with E-state index in [4.69, 9.17) is 31.5 Å². The van der Waals surface area contributed by atoms with Crippen molar-refractivity contribution in [1.29, 1.82) is 0 Å². The van der Waals surface area contributed by atoms with Crippen LogP contribution in [-0.4, -0.2) is 69.0 Å². The molecule has 1 rings (SSSR count). The summed E-state index contributed by atoms with van der Waals surface area (Å²) in [5.74, 6) is -0.286. The first-order chi connectivity index (χ1) is 17.5. The average Bonchev–Trinajstić information content (AvgIpc) is 2.81. The number of rotatable bonds is 19. The summed E-state index contributed by atoms with van der Waals surface area (Å²) in [6.45, 7) is 20.7. The quantitative estimate of drug-likeness (QED) is 0.148. The summed E-state index contributed by atoms with van der Waals surface area (Å²) >= 11 is 0. The topological polar surface area (TPSA) is 67.7 Å². The maximum atomic E-state index is 15.0. The van der Waals surface area contributed by atoms with Crippen molar-refractivity contribution in [2.45, 2.75) is 92.8 Å². The minimum Gasteiger partial charge on any atom is -0.374 e. The number of hydrogen-bond acceptors (Lipinski definition) is 7. The first-order valence-electron chi connectivity index (χ1n) is 13.7. The normalized spacial score (nSPS) is 13.1. The number of benzene rings is 1. The van der Waals surface area contributed by atoms with Crippen LogP contribution in [0, 0.1) is 5.82 Å². The van der Waals surface area contributed by atoms with Gasteiger partial charge in [-0.25, -0.2) is 4.39 Å². The Hall–Kier alpha value is -0.986. The molecule has 1 aromatic rings. The van der Waals surface area contributed by atoms with Gasteiger partial charge in [0.1, 0.15) is 5.82 Å². The predicted octanol–water partition coefficient (Wildman–Crippen LogP) is 6.22. The van der Waals surface area contributed by atoms with Gasteiger partial charge in [0.05, 0.1) is 5.54 Å². The molecule has 0 unspecified atom stereocenters. The molecule has 0 amide bonds. The maximum Gasteiger partial charge on any atom is 0.501 e. The molecule has 0 N–H and O–H groups in total. The minimum absolute atomic E-state index is 0.274. The summed E-state index contributed by atoms with van der Waals surface area (Å²) in [5.41, 5.74) is 2.35. The summed E-state index contributed by atoms with van der Waals surface area (Å²) in [6, 6.07) is 4.29. The lowest BCUT2D eigenvalue weighted by Crippen LogP contribution is -2.46. The lowest BCUT2D eigenvalue weighted by Gasteiger charge is -2.29. The summed E-state index contributed by atoms with van der Waals surface area (Å²) in [6.07, 6.45) is 2.97. The lowest BCUT2D eigenvalue weighted by molar-refractivity contribution is 0.0707. The monoisotopic (exact) mass is 559 g/mol. The Bertz CT molecular complexity index is 734. The highest BCUT2D eigenvalue weighted by Crippen LogP contribution is 2.27. The summed E-state index contributed by atoms with van der Waals surface area (Å²) in [5, 5.41) is 0. The molecule has 0 radical (unpaired) electrons. The third-order valence-electron chi connectivity index (χ3n) is 5.48. The molecule has 214 valence electrons. The summed E-state index contributed by atoms with van der Waals surface area (Å²) in [4.78, 5) is 4.77. The standard InChI is InChI=1S/C27H50FNO6Si2/c1-10-30-36(31-11-2,32-12-3)18-16-23-20-25(28)21-24(26(23)22-29-27(7,8)9)17-19-37(33-13-4,34-14-5)35-15-6/h20-22H,10-19H2,1-9H3. The van der Waals surface area contributed by atoms with Crippen LogP contribution in [0.4, 0.5) is 4.39 Å². The number of halogens is 1. The molecule has 0 saturated carbocycles. The van der Waals surface area contributed by atoms with E-state index < -0.39 is 17.6 Å². The summed E-state index contributed by atoms with van der Waals surface area (Å²) < 4.78 is 51.3. The van der Waals surface area contributed by atoms with Gasteiger partial charge in [0.2, 0.25) is 0 Å². The first-order valence-corrected chi connectivity index (χ1v) is 17.6. The van der Waals surface area contributed by atoms with Crippen molar-refractivity contribution in [2.24, 2.45) is 4.99 Å². The van der Waals surface area contributed by atoms with E-state index in [0.717, 1.165) is 16.7 Å². The highest BCUT2D eigenvalue weighted by molar-refractivity contribution is 6.61. The smallest absolute Gasteiger partial charge is 0.374 e. The van der Waals surface area contributed by atoms with Crippen LogP contribution in [0.15, 0.2) is 17.1 Å². The third-order valence-corrected chi connectivity index (χ3v) is 11.6. The molecular weight excluding hydrogens is 509 g/mol. The van der Waals surface area contributed by atoms with Crippen molar-refractivity contribution in [2.75, 3.05) is 39.6 Å². The Morgan fingerprint density at radius 2 is 1.00 bits per heavy atom. The van der Waals surface area contributed by atoms with E-state index in [1.165, 1.54) is 0 Å². The van der Waals surface area contributed by atoms with Crippen molar-refractivity contribution in [3.05, 3.63) is 34.6 Å². The zero-order valence-corrected chi connectivity index (χ0v) is 26.6. The zero-order valence-electron chi connectivity index (χ0n) is 24.6. The molecule has 0 bridgehead atoms. The van der Waals surface area contributed by atoms with E-state index >= 15 is 4.39 Å². The molecule has 0 saturated heterocycles. The van der Waals surface area contributed by atoms with E-state index in [2.05, 4.69) is 0 Å². The fourth-order valence-corrected chi connectivity index (χ4v) is 9.31. The molecule has 0 atom stereocenters. The van der Waals surface area contributed by atoms with Crippen LogP contribution in [0.3, 0.4) is 0 Å². The molecule has 0 spiro atoms. The van der Waals surface area contributed by atoms with E-state index in [-0.39, 0.29) is 11.4 Å². The molecule has 10 heteroatoms. The van der Waals surface area contributed by atoms with E-state index in [9.17, 15) is 0 Å². The molecule has 0 aliphatic rings. The molecule has 37 heavy (non-hydrogen) atoms. The Morgan fingerprint density at radius 3 is 1.27 bits per heavy atom. The number of aliphatic imine (C=N–C) groups is 1. The maximum absolute atomic E-state index is 15.0. The number of aryl methyl sites for hydroxylation is 2. The van der Waals surface area contributed by atoms with Crippen LogP contribution >= 0.6 is 0 Å². The second kappa shape index (κ2) is 16.9. The van der Waals surface area contributed by atoms with Gasteiger partial charge in [0, 0.05) is 57.9 Å². The van der Waals surface area contributed by atoms with Gasteiger partial charge >= 0.3 is 17.6 Å². The molecule has 0 aliphatic carbocycles. The van der Waals surface area contributed by atoms with Crippen LogP contribution in [0.5, 0.6) is 0 Å². The second-order valence-corrected chi connectivity index (χ2v) is 15.0. The first kappa shape index (κ1) is 34.0. The highest BCUT2D eigenvalue weighted by atomic mass is 28.4. The Morgan fingerprint density at radius 1 is 0.676 bits per heavy atom. The van der Waals surface area contributed by atoms with E-state index in [1.54, 1.807) is 12.1 Å². The van der Waals surface area contributed by atoms with Crippen molar-refractivity contribution in [3.8, 4) is 0 Å². The van der Waals surface area contributed by atoms with Gasteiger partial charge in [-0.2, -0.15) is 0 Å². The largest absolute Gasteiger partial charge is 0.501 e. The van der Waals surface area contributed by atoms with Gasteiger partial charge in [-0.05, 0) is 104 Å². The van der Waals surface area contributed by atoms with Crippen molar-refractivity contribution < 1.29 is 30.9 Å². The van der Waals surface area contributed by atoms with Crippen LogP contribution in [0.1, 0.15) is 79.0 Å². The fraction of sp³-hybridized carbons (Fsp3) is 0.741. The Kier molecular flexibility index (Phi) is 15.5. The fourth-order valence-electron chi connectivity index (χ4n) is 4.15. The van der Waals surface area contributed by atoms with Gasteiger partial charge in [-0.1, -0.05) is 0 Å². The van der Waals surface area contributed by atoms with Gasteiger partial charge in [-0.15, -0.1) is 0 Å². The van der Waals surface area contributed by atoms with Crippen LogP contribution in [-0.2, 0) is 39.4 Å². The number of nitrogens with zero attached hydrogens (tertiary/aromatic N) is 1. The van der Waals surface area contributed by atoms with Gasteiger partial charge < -0.3 is 26.6 Å². The average molecular weight is 560 g/mol. The minimum atomic E-state index is -2.90. The SMILES string of the molecule is CCO[Si](CCc1cc(F)cc(CC[Si](OCC)(OCC)OCC)c1C=NC(C)(C)C)(OCC)OCC. The molecule has 0 aromatic heterocycles. The van der Waals surface area contributed by atoms with Gasteiger partial charge in [0.25, 0.3) is 0 Å². The molecule has 0 fully saturated rings. The van der Waals surface area contributed by atoms with Crippen molar-refractivity contribution >= 4 is 23.8 Å². The molecule has 7 nitrogen and oxygen atoms in total. The third kappa shape index (κ3) is 11.7. The van der Waals surface area contributed by atoms with Crippen LogP contribution < -0.4 is 0 Å². The second-order valence-electron chi connectivity index (χ2n) is 9.53. The lowest BCUT2D eigenvalue weighted by atomic mass is 9.97. The highest BCUT2D eigenvalue weighted by Gasteiger charge is 2.41.